The van der Waals surface area contributed by atoms with E-state index in [9.17, 15) is 67.5 Å². The molecule has 1 unspecified atom stereocenters. The van der Waals surface area contributed by atoms with Crippen LogP contribution in [-0.4, -0.2) is 178 Å². The summed E-state index contributed by atoms with van der Waals surface area (Å²) in [5.74, 6) is 2.56. The third kappa shape index (κ3) is 18.8. The first kappa shape index (κ1) is 92.4. The van der Waals surface area contributed by atoms with E-state index in [-0.39, 0.29) is 98.0 Å². The lowest BCUT2D eigenvalue weighted by Crippen LogP contribution is -2.39. The Balaban J connectivity index is 0.000000125. The van der Waals surface area contributed by atoms with E-state index in [4.69, 9.17) is 28.4 Å². The van der Waals surface area contributed by atoms with E-state index < -0.39 is 109 Å². The van der Waals surface area contributed by atoms with Crippen LogP contribution in [0.15, 0.2) is 152 Å². The van der Waals surface area contributed by atoms with E-state index in [2.05, 4.69) is 111 Å². The van der Waals surface area contributed by atoms with Crippen molar-refractivity contribution in [1.82, 2.24) is 78.1 Å². The van der Waals surface area contributed by atoms with Gasteiger partial charge in [0, 0.05) is 52.9 Å². The van der Waals surface area contributed by atoms with Crippen molar-refractivity contribution in [3.8, 4) is 34.2 Å². The number of alkyl halides is 10. The topological polar surface area (TPSA) is 359 Å². The van der Waals surface area contributed by atoms with Crippen molar-refractivity contribution >= 4 is 83.2 Å². The molecule has 4 saturated heterocycles. The Bertz CT molecular complexity index is 6300. The highest BCUT2D eigenvalue weighted by Gasteiger charge is 2.45. The first-order valence-electron chi connectivity index (χ1n) is 42.8. The predicted octanol–water partition coefficient (Wildman–Crippen LogP) is 17.6. The van der Waals surface area contributed by atoms with Crippen LogP contribution in [0.2, 0.25) is 0 Å². The predicted molar refractivity (Wildman–Crippen MR) is 468 cm³/mol. The average molecular weight is 1890 g/mol. The molecule has 8 aliphatic rings. The third-order valence-corrected chi connectivity index (χ3v) is 24.7. The Kier molecular flexibility index (Phi) is 25.7. The number of nitrogens with zero attached hydrogens (tertiary/aromatic N) is 20. The number of nitrogens with one attached hydrogen (secondary N) is 4. The number of aryl methyl sites for hydroxylation is 2. The quantitative estimate of drug-likeness (QED) is 0.0407. The Morgan fingerprint density at radius 2 is 0.785 bits per heavy atom. The Morgan fingerprint density at radius 1 is 0.407 bits per heavy atom. The number of rotatable bonds is 20. The summed E-state index contributed by atoms with van der Waals surface area (Å²) in [6.07, 6.45) is -2.82. The van der Waals surface area contributed by atoms with Gasteiger partial charge in [0.05, 0.1) is 105 Å². The molecule has 0 spiro atoms. The maximum atomic E-state index is 14.0. The molecule has 12 aromatic rings. The fourth-order valence-corrected chi connectivity index (χ4v) is 18.0. The number of aromatic nitrogens is 16. The van der Waals surface area contributed by atoms with Crippen LogP contribution in [0, 0.1) is 12.7 Å². The number of imidazole rings is 4. The lowest BCUT2D eigenvalue weighted by atomic mass is 9.98. The van der Waals surface area contributed by atoms with E-state index in [0.29, 0.717) is 68.0 Å². The van der Waals surface area contributed by atoms with Crippen molar-refractivity contribution in [3.63, 3.8) is 0 Å². The number of ether oxygens (including phenoxy) is 6. The maximum Gasteiger partial charge on any atom is 0.416 e. The number of cyclic esters (lactones) is 4. The summed E-state index contributed by atoms with van der Waals surface area (Å²) in [7, 11) is 0. The fourth-order valence-electron chi connectivity index (χ4n) is 16.9. The van der Waals surface area contributed by atoms with Gasteiger partial charge in [0.2, 0.25) is 23.8 Å². The minimum atomic E-state index is -4.48. The van der Waals surface area contributed by atoms with Gasteiger partial charge in [-0.15, -0.1) is 11.8 Å². The normalized spacial score (nSPS) is 19.5. The number of fused-ring (bicyclic) bond motifs is 12. The first-order chi connectivity index (χ1) is 64.5. The second-order valence-corrected chi connectivity index (χ2v) is 33.9. The molecule has 4 N–H and O–H groups in total. The molecule has 0 radical (unpaired) electrons. The van der Waals surface area contributed by atoms with Gasteiger partial charge in [-0.1, -0.05) is 17.7 Å². The van der Waals surface area contributed by atoms with Gasteiger partial charge in [0.1, 0.15) is 141 Å². The zero-order valence-electron chi connectivity index (χ0n) is 73.6. The molecular weight excluding hydrogens is 1810 g/mol. The molecule has 4 amide bonds. The number of halogens is 11. The number of amides is 4. The van der Waals surface area contributed by atoms with Gasteiger partial charge in [-0.3, -0.25) is 28.7 Å². The highest BCUT2D eigenvalue weighted by atomic mass is 32.2. The van der Waals surface area contributed by atoms with Gasteiger partial charge in [-0.05, 0) is 167 Å². The zero-order valence-corrected chi connectivity index (χ0v) is 74.4. The molecule has 4 fully saturated rings. The molecule has 20 rings (SSSR count). The largest absolute Gasteiger partial charge is 0.485 e. The van der Waals surface area contributed by atoms with Crippen molar-refractivity contribution in [2.75, 3.05) is 67.3 Å². The van der Waals surface area contributed by atoms with E-state index in [1.807, 2.05) is 38.6 Å². The van der Waals surface area contributed by atoms with Gasteiger partial charge < -0.3 is 58.8 Å². The second kappa shape index (κ2) is 37.5. The van der Waals surface area contributed by atoms with E-state index >= 15 is 0 Å². The molecule has 135 heavy (non-hydrogen) atoms. The minimum Gasteiger partial charge on any atom is -0.485 e. The van der Waals surface area contributed by atoms with E-state index in [1.165, 1.54) is 138 Å². The highest BCUT2D eigenvalue weighted by Crippen LogP contribution is 2.46. The summed E-state index contributed by atoms with van der Waals surface area (Å²) < 4.78 is 187. The summed E-state index contributed by atoms with van der Waals surface area (Å²) in [6, 6.07) is 19.6. The molecule has 0 bridgehead atoms. The molecule has 0 aliphatic carbocycles. The van der Waals surface area contributed by atoms with Crippen molar-refractivity contribution in [2.45, 2.75) is 191 Å². The van der Waals surface area contributed by atoms with Crippen LogP contribution < -0.4 is 50.3 Å². The highest BCUT2D eigenvalue weighted by molar-refractivity contribution is 7.98. The monoisotopic (exact) mass is 1890 g/mol. The second-order valence-electron chi connectivity index (χ2n) is 32.9. The molecule has 13 atom stereocenters. The van der Waals surface area contributed by atoms with Gasteiger partial charge in [-0.25, -0.2) is 81.0 Å². The lowest BCUT2D eigenvalue weighted by Gasteiger charge is -2.28. The van der Waals surface area contributed by atoms with Gasteiger partial charge in [0.25, 0.3) is 0 Å². The van der Waals surface area contributed by atoms with Crippen LogP contribution in [0.5, 0.6) is 11.5 Å². The average Bonchev–Trinajstić information content (AvgIpc) is 1.68. The van der Waals surface area contributed by atoms with Gasteiger partial charge in [-0.2, -0.15) is 46.3 Å². The van der Waals surface area contributed by atoms with Gasteiger partial charge in [0.15, 0.2) is 0 Å². The molecular formula is C89H87F11N24O10S. The number of carbonyl (C=O) groups is 4. The van der Waals surface area contributed by atoms with Crippen LogP contribution in [0.3, 0.4) is 0 Å². The maximum absolute atomic E-state index is 14.0. The van der Waals surface area contributed by atoms with E-state index in [1.54, 1.807) is 47.0 Å². The number of hydrogen-bond acceptors (Lipinski definition) is 27. The summed E-state index contributed by atoms with van der Waals surface area (Å²) >= 11 is 1.31. The standard InChI is InChI=1S/C23H22F4N6O3.C23H25FN6O2.C22H20F4N6O2S.C21H20F2N6O3/c1-11(24)16-9-35-22(34)33(16)18-6-7-28-21(31-18)30-12(2)19-20-13(3)36-17-8-14(23(25,26)27)4-5-15(17)32(20)10-29-19;1-13-4-6-17-16(10-13)5-7-18-21(26-12-29(17)18)15(3)27-22-25-9-8-20(28-22)30-19(14(2)24)11-32-23(30)31;1-11(23)15-8-34-21(33)32(15)18-5-6-27-20(30-18)29-12(2)19-16-9-35-17-7-13(22(24,25)26)3-4-14(17)31(16)10-28-19;1-11(22)15-8-32-21(30)29(15)18-5-6-24-20(27-18)26-12(2)19-16-9-31-17-7-13(23)3-4-14(17)28(16)10-25-19/h4-8,10-13,16H,9H2,1-3H3,(H,28,30,31);4,6,8-10,12,14-15,19H,5,7,11H2,1-3H3,(H,25,27,28);3-7,10-12,15H,8-9H2,1-2H3,(H,27,29,30);3-7,10-12,15H,8-9H2,1-2H3,(H,24,26,27)/t11-,12-,13?,16+;14-,15-,19+;2*11-,12-,15+/m0000/s1. The zero-order chi connectivity index (χ0) is 95.5. The minimum absolute atomic E-state index is 0.00145. The first-order valence-corrected chi connectivity index (χ1v) is 43.8. The van der Waals surface area contributed by atoms with Crippen LogP contribution in [0.4, 0.5) is 115 Å². The summed E-state index contributed by atoms with van der Waals surface area (Å²) in [6.45, 7) is 16.9. The number of anilines is 8. The van der Waals surface area contributed by atoms with E-state index in [0.717, 1.165) is 64.8 Å². The number of carbonyl (C=O) groups excluding carboxylic acids is 4. The summed E-state index contributed by atoms with van der Waals surface area (Å²) in [5.41, 5.74) is 10.4. The smallest absolute Gasteiger partial charge is 0.416 e. The van der Waals surface area contributed by atoms with Crippen LogP contribution >= 0.6 is 11.8 Å². The molecule has 34 nitrogen and oxygen atoms in total. The Hall–Kier alpha value is -14.5. The Labute approximate surface area is 766 Å². The van der Waals surface area contributed by atoms with Crippen LogP contribution in [-0.2, 0) is 56.5 Å². The number of benzene rings is 4. The summed E-state index contributed by atoms with van der Waals surface area (Å²) in [4.78, 5) is 106. The molecule has 0 saturated carbocycles. The van der Waals surface area contributed by atoms with Crippen molar-refractivity contribution < 1.29 is 95.9 Å². The molecule has 8 aliphatic heterocycles. The number of hydrogen-bond donors (Lipinski definition) is 4. The van der Waals surface area contributed by atoms with Crippen LogP contribution in [0.25, 0.3) is 22.7 Å². The molecule has 706 valence electrons. The molecule has 16 heterocycles. The Morgan fingerprint density at radius 3 is 1.24 bits per heavy atom. The lowest BCUT2D eigenvalue weighted by molar-refractivity contribution is -0.138. The SMILES string of the molecule is CC1Oc2cc(C(F)(F)F)ccc2-n2cnc([C@H](C)Nc3nccc(N4C(=O)OC[C@@H]4[C@H](C)F)n3)c21.C[C@H](Nc1nccc(N2C(=O)OC[C@@H]2[C@H](C)F)n1)c1ncn2c1COc1cc(F)ccc1-2.C[C@H](Nc1nccc(N2C(=O)OC[C@@H]2[C@H](C)F)n1)c1ncn2c1CSc1cc(C(F)(F)F)ccc1-2.Cc1ccc2c(c1)CCc1c([C@H](C)Nc3nccc(N4C(=O)OC[C@@H]4[C@H](C)F)n3)ncn1-2. The third-order valence-electron chi connectivity index (χ3n) is 23.7. The molecule has 46 heteroatoms. The van der Waals surface area contributed by atoms with Gasteiger partial charge >= 0.3 is 36.7 Å². The van der Waals surface area contributed by atoms with Crippen molar-refractivity contribution in [3.05, 3.63) is 221 Å². The number of thioether (sulfide) groups is 1. The molecule has 8 aromatic heterocycles. The molecule has 4 aromatic carbocycles. The van der Waals surface area contributed by atoms with Crippen molar-refractivity contribution in [1.29, 1.82) is 0 Å². The summed E-state index contributed by atoms with van der Waals surface area (Å²) in [5, 5.41) is 12.7. The van der Waals surface area contributed by atoms with Crippen molar-refractivity contribution in [2.24, 2.45) is 0 Å². The van der Waals surface area contributed by atoms with Crippen LogP contribution in [0.1, 0.15) is 160 Å². The fraction of sp³-hybridized carbons (Fsp3) is 0.371.